The third kappa shape index (κ3) is 3.22. The van der Waals surface area contributed by atoms with Crippen molar-refractivity contribution in [3.63, 3.8) is 0 Å². The minimum Gasteiger partial charge on any atom is -0.381 e. The van der Waals surface area contributed by atoms with Crippen LogP contribution in [0.15, 0.2) is 0 Å². The number of nitrogens with zero attached hydrogens (tertiary/aromatic N) is 2. The minimum absolute atomic E-state index is 0.115. The van der Waals surface area contributed by atoms with Crippen LogP contribution in [0.25, 0.3) is 0 Å². The van der Waals surface area contributed by atoms with Gasteiger partial charge >= 0.3 is 0 Å². The molecule has 0 aromatic rings. The molecular weight excluding hydrogens is 230 g/mol. The van der Waals surface area contributed by atoms with Crippen LogP contribution in [-0.2, 0) is 9.53 Å². The Kier molecular flexibility index (Phi) is 4.97. The second-order valence-electron chi connectivity index (χ2n) is 5.22. The van der Waals surface area contributed by atoms with Crippen LogP contribution in [0.1, 0.15) is 26.2 Å². The van der Waals surface area contributed by atoms with Gasteiger partial charge < -0.3 is 15.4 Å². The topological polar surface area (TPSA) is 58.8 Å². The molecule has 1 atom stereocenters. The first kappa shape index (κ1) is 13.8. The maximum atomic E-state index is 12.0. The lowest BCUT2D eigenvalue weighted by atomic mass is 10.1. The van der Waals surface area contributed by atoms with E-state index in [4.69, 9.17) is 10.5 Å². The Balaban J connectivity index is 1.78. The van der Waals surface area contributed by atoms with Gasteiger partial charge in [-0.3, -0.25) is 9.69 Å². The summed E-state index contributed by atoms with van der Waals surface area (Å²) in [5.41, 5.74) is 5.80. The molecule has 1 amide bonds. The number of ether oxygens (including phenoxy) is 1. The molecule has 2 saturated heterocycles. The number of nitrogens with two attached hydrogens (primary N) is 1. The third-order valence-corrected chi connectivity index (χ3v) is 4.09. The van der Waals surface area contributed by atoms with Crippen molar-refractivity contribution in [3.8, 4) is 0 Å². The SMILES string of the molecule is CC[C@H](N)C(=O)N1CCN(C2CCOCC2)CC1. The van der Waals surface area contributed by atoms with Gasteiger partial charge in [-0.25, -0.2) is 0 Å². The Morgan fingerprint density at radius 3 is 2.44 bits per heavy atom. The van der Waals surface area contributed by atoms with Gasteiger partial charge in [0.2, 0.25) is 5.91 Å². The molecule has 0 bridgehead atoms. The fourth-order valence-electron chi connectivity index (χ4n) is 2.77. The normalized spacial score (nSPS) is 25.1. The van der Waals surface area contributed by atoms with E-state index >= 15 is 0 Å². The second-order valence-corrected chi connectivity index (χ2v) is 5.22. The van der Waals surface area contributed by atoms with Crippen molar-refractivity contribution < 1.29 is 9.53 Å². The van der Waals surface area contributed by atoms with E-state index in [2.05, 4.69) is 4.90 Å². The van der Waals surface area contributed by atoms with Crippen LogP contribution in [-0.4, -0.2) is 67.2 Å². The predicted molar refractivity (Wildman–Crippen MR) is 70.3 cm³/mol. The van der Waals surface area contributed by atoms with Crippen LogP contribution in [0.5, 0.6) is 0 Å². The summed E-state index contributed by atoms with van der Waals surface area (Å²) in [7, 11) is 0. The molecule has 2 N–H and O–H groups in total. The van der Waals surface area contributed by atoms with Crippen molar-refractivity contribution in [1.82, 2.24) is 9.80 Å². The van der Waals surface area contributed by atoms with Gasteiger partial charge in [0.25, 0.3) is 0 Å². The van der Waals surface area contributed by atoms with E-state index in [1.807, 2.05) is 11.8 Å². The zero-order valence-electron chi connectivity index (χ0n) is 11.3. The number of amides is 1. The van der Waals surface area contributed by atoms with E-state index in [0.29, 0.717) is 6.04 Å². The molecule has 5 nitrogen and oxygen atoms in total. The molecule has 0 aromatic carbocycles. The largest absolute Gasteiger partial charge is 0.381 e. The summed E-state index contributed by atoms with van der Waals surface area (Å²) in [6.45, 7) is 7.32. The molecule has 2 heterocycles. The van der Waals surface area contributed by atoms with Gasteiger partial charge in [-0.1, -0.05) is 6.92 Å². The number of hydrogen-bond acceptors (Lipinski definition) is 4. The molecule has 0 unspecified atom stereocenters. The van der Waals surface area contributed by atoms with E-state index in [9.17, 15) is 4.79 Å². The lowest BCUT2D eigenvalue weighted by Crippen LogP contribution is -2.55. The molecule has 2 fully saturated rings. The fourth-order valence-corrected chi connectivity index (χ4v) is 2.77. The van der Waals surface area contributed by atoms with Gasteiger partial charge in [0.15, 0.2) is 0 Å². The first-order chi connectivity index (χ1) is 8.72. The molecule has 0 aromatic heterocycles. The van der Waals surface area contributed by atoms with E-state index in [0.717, 1.165) is 58.7 Å². The fraction of sp³-hybridized carbons (Fsp3) is 0.923. The van der Waals surface area contributed by atoms with E-state index in [1.165, 1.54) is 0 Å². The zero-order valence-corrected chi connectivity index (χ0v) is 11.3. The van der Waals surface area contributed by atoms with Crippen LogP contribution < -0.4 is 5.73 Å². The van der Waals surface area contributed by atoms with Crippen molar-refractivity contribution in [3.05, 3.63) is 0 Å². The van der Waals surface area contributed by atoms with Crippen LogP contribution in [0, 0.1) is 0 Å². The van der Waals surface area contributed by atoms with E-state index < -0.39 is 0 Å². The van der Waals surface area contributed by atoms with Gasteiger partial charge in [-0.05, 0) is 19.3 Å². The molecule has 2 rings (SSSR count). The molecule has 18 heavy (non-hydrogen) atoms. The molecule has 2 aliphatic heterocycles. The Bertz CT molecular complexity index is 271. The monoisotopic (exact) mass is 255 g/mol. The Morgan fingerprint density at radius 1 is 1.28 bits per heavy atom. The smallest absolute Gasteiger partial charge is 0.239 e. The maximum Gasteiger partial charge on any atom is 0.239 e. The second kappa shape index (κ2) is 6.50. The van der Waals surface area contributed by atoms with Gasteiger partial charge in [0.05, 0.1) is 6.04 Å². The summed E-state index contributed by atoms with van der Waals surface area (Å²) in [5.74, 6) is 0.115. The Labute approximate surface area is 109 Å². The third-order valence-electron chi connectivity index (χ3n) is 4.09. The van der Waals surface area contributed by atoms with Crippen molar-refractivity contribution in [2.75, 3.05) is 39.4 Å². The highest BCUT2D eigenvalue weighted by Crippen LogP contribution is 2.16. The lowest BCUT2D eigenvalue weighted by molar-refractivity contribution is -0.135. The molecule has 5 heteroatoms. The molecule has 104 valence electrons. The molecule has 2 aliphatic rings. The number of carbonyl (C=O) groups excluding carboxylic acids is 1. The van der Waals surface area contributed by atoms with Crippen LogP contribution in [0.3, 0.4) is 0 Å². The average molecular weight is 255 g/mol. The van der Waals surface area contributed by atoms with Crippen molar-refractivity contribution >= 4 is 5.91 Å². The highest BCUT2D eigenvalue weighted by atomic mass is 16.5. The van der Waals surface area contributed by atoms with Gasteiger partial charge in [0.1, 0.15) is 0 Å². The van der Waals surface area contributed by atoms with Gasteiger partial charge in [0, 0.05) is 45.4 Å². The van der Waals surface area contributed by atoms with Gasteiger partial charge in [-0.15, -0.1) is 0 Å². The number of rotatable bonds is 3. The van der Waals surface area contributed by atoms with Crippen LogP contribution in [0.2, 0.25) is 0 Å². The minimum atomic E-state index is -0.320. The molecule has 0 radical (unpaired) electrons. The molecular formula is C13H25N3O2. The lowest BCUT2D eigenvalue weighted by Gasteiger charge is -2.41. The van der Waals surface area contributed by atoms with Crippen LogP contribution >= 0.6 is 0 Å². The quantitative estimate of drug-likeness (QED) is 0.774. The Morgan fingerprint density at radius 2 is 1.89 bits per heavy atom. The standard InChI is InChI=1S/C13H25N3O2/c1-2-12(14)13(17)16-7-5-15(6-8-16)11-3-9-18-10-4-11/h11-12H,2-10,14H2,1H3/t12-/m0/s1. The molecule has 0 saturated carbocycles. The first-order valence-corrected chi connectivity index (χ1v) is 7.08. The molecule has 0 spiro atoms. The number of hydrogen-bond donors (Lipinski definition) is 1. The summed E-state index contributed by atoms with van der Waals surface area (Å²) in [4.78, 5) is 16.4. The summed E-state index contributed by atoms with van der Waals surface area (Å²) < 4.78 is 5.39. The van der Waals surface area contributed by atoms with Crippen molar-refractivity contribution in [2.45, 2.75) is 38.3 Å². The zero-order chi connectivity index (χ0) is 13.0. The summed E-state index contributed by atoms with van der Waals surface area (Å²) >= 11 is 0. The number of carbonyl (C=O) groups is 1. The van der Waals surface area contributed by atoms with E-state index in [1.54, 1.807) is 0 Å². The first-order valence-electron chi connectivity index (χ1n) is 7.08. The summed E-state index contributed by atoms with van der Waals surface area (Å²) in [6, 6.07) is 0.329. The Hall–Kier alpha value is -0.650. The van der Waals surface area contributed by atoms with E-state index in [-0.39, 0.29) is 11.9 Å². The highest BCUT2D eigenvalue weighted by Gasteiger charge is 2.28. The van der Waals surface area contributed by atoms with Gasteiger partial charge in [-0.2, -0.15) is 0 Å². The predicted octanol–water partition coefficient (Wildman–Crippen LogP) is 0.0469. The maximum absolute atomic E-state index is 12.0. The van der Waals surface area contributed by atoms with Crippen LogP contribution in [0.4, 0.5) is 0 Å². The van der Waals surface area contributed by atoms with Crippen molar-refractivity contribution in [2.24, 2.45) is 5.73 Å². The average Bonchev–Trinajstić information content (AvgIpc) is 2.47. The highest BCUT2D eigenvalue weighted by molar-refractivity contribution is 5.81. The number of piperazine rings is 1. The summed E-state index contributed by atoms with van der Waals surface area (Å²) in [6.07, 6.45) is 2.98. The summed E-state index contributed by atoms with van der Waals surface area (Å²) in [5, 5.41) is 0. The molecule has 0 aliphatic carbocycles. The van der Waals surface area contributed by atoms with Crippen molar-refractivity contribution in [1.29, 1.82) is 0 Å².